The Morgan fingerprint density at radius 1 is 0.352 bits per heavy atom. The summed E-state index contributed by atoms with van der Waals surface area (Å²) in [5.41, 5.74) is 0. The van der Waals surface area contributed by atoms with Gasteiger partial charge in [-0.2, -0.15) is 0 Å². The van der Waals surface area contributed by atoms with Crippen molar-refractivity contribution < 1.29 is 28.6 Å². The summed E-state index contributed by atoms with van der Waals surface area (Å²) in [6.07, 6.45) is 48.4. The molecule has 1 unspecified atom stereocenters. The van der Waals surface area contributed by atoms with E-state index >= 15 is 0 Å². The van der Waals surface area contributed by atoms with Crippen LogP contribution in [0, 0.1) is 0 Å². The van der Waals surface area contributed by atoms with Gasteiger partial charge in [0.05, 0.1) is 0 Å². The molecular formula is C48H86O6. The van der Waals surface area contributed by atoms with Crippen molar-refractivity contribution in [2.45, 2.75) is 239 Å². The first-order chi connectivity index (χ1) is 26.5. The second-order valence-electron chi connectivity index (χ2n) is 15.3. The first-order valence-corrected chi connectivity index (χ1v) is 23.0. The van der Waals surface area contributed by atoms with Crippen molar-refractivity contribution in [3.05, 3.63) is 36.5 Å². The highest BCUT2D eigenvalue weighted by molar-refractivity contribution is 5.71. The third-order valence-corrected chi connectivity index (χ3v) is 9.84. The second-order valence-corrected chi connectivity index (χ2v) is 15.3. The summed E-state index contributed by atoms with van der Waals surface area (Å²) >= 11 is 0. The fourth-order valence-corrected chi connectivity index (χ4v) is 6.28. The van der Waals surface area contributed by atoms with Gasteiger partial charge in [0.25, 0.3) is 0 Å². The smallest absolute Gasteiger partial charge is 0.306 e. The minimum Gasteiger partial charge on any atom is -0.462 e. The molecule has 0 amide bonds. The number of carbonyl (C=O) groups is 3. The van der Waals surface area contributed by atoms with Crippen LogP contribution in [0.1, 0.15) is 233 Å². The standard InChI is InChI=1S/C48H86O6/c1-4-7-10-13-16-19-22-23-24-25-27-29-32-35-38-41-47(50)53-44-45(43-52-46(49)40-37-34-31-28-21-18-15-12-9-6-3)54-48(51)42-39-36-33-30-26-20-17-14-11-8-5-2/h14-15,17-19,22,45H,4-13,16,20-21,23-44H2,1-3H3/b17-14-,18-15-,22-19-. The second kappa shape index (κ2) is 43.4. The number of rotatable bonds is 41. The minimum absolute atomic E-state index is 0.0808. The highest BCUT2D eigenvalue weighted by Crippen LogP contribution is 2.14. The van der Waals surface area contributed by atoms with Crippen molar-refractivity contribution in [2.75, 3.05) is 13.2 Å². The van der Waals surface area contributed by atoms with Gasteiger partial charge in [0, 0.05) is 19.3 Å². The fourth-order valence-electron chi connectivity index (χ4n) is 6.28. The molecule has 0 aliphatic rings. The third kappa shape index (κ3) is 40.8. The van der Waals surface area contributed by atoms with Crippen LogP contribution in [0.25, 0.3) is 0 Å². The molecule has 0 fully saturated rings. The molecule has 0 aromatic carbocycles. The van der Waals surface area contributed by atoms with Crippen LogP contribution in [0.4, 0.5) is 0 Å². The van der Waals surface area contributed by atoms with Gasteiger partial charge in [-0.25, -0.2) is 0 Å². The van der Waals surface area contributed by atoms with Crippen molar-refractivity contribution >= 4 is 17.9 Å². The predicted molar refractivity (Wildman–Crippen MR) is 229 cm³/mol. The van der Waals surface area contributed by atoms with E-state index in [4.69, 9.17) is 14.2 Å². The van der Waals surface area contributed by atoms with Crippen LogP contribution < -0.4 is 0 Å². The Morgan fingerprint density at radius 2 is 0.630 bits per heavy atom. The summed E-state index contributed by atoms with van der Waals surface area (Å²) < 4.78 is 16.7. The first kappa shape index (κ1) is 51.6. The molecule has 1 atom stereocenters. The van der Waals surface area contributed by atoms with Crippen LogP contribution in [0.5, 0.6) is 0 Å². The van der Waals surface area contributed by atoms with E-state index < -0.39 is 6.10 Å². The maximum atomic E-state index is 12.7. The normalized spacial score (nSPS) is 12.3. The Bertz CT molecular complexity index is 922. The van der Waals surface area contributed by atoms with Gasteiger partial charge >= 0.3 is 17.9 Å². The molecule has 0 N–H and O–H groups in total. The lowest BCUT2D eigenvalue weighted by atomic mass is 10.1. The van der Waals surface area contributed by atoms with Crippen LogP contribution in [0.3, 0.4) is 0 Å². The van der Waals surface area contributed by atoms with Gasteiger partial charge in [0.2, 0.25) is 0 Å². The van der Waals surface area contributed by atoms with Crippen molar-refractivity contribution in [1.29, 1.82) is 0 Å². The van der Waals surface area contributed by atoms with E-state index in [2.05, 4.69) is 57.2 Å². The van der Waals surface area contributed by atoms with E-state index in [9.17, 15) is 14.4 Å². The Balaban J connectivity index is 4.36. The zero-order valence-corrected chi connectivity index (χ0v) is 35.7. The summed E-state index contributed by atoms with van der Waals surface area (Å²) in [6.45, 7) is 6.52. The van der Waals surface area contributed by atoms with Gasteiger partial charge < -0.3 is 14.2 Å². The summed E-state index contributed by atoms with van der Waals surface area (Å²) in [5, 5.41) is 0. The lowest BCUT2D eigenvalue weighted by molar-refractivity contribution is -0.167. The van der Waals surface area contributed by atoms with E-state index in [1.54, 1.807) is 0 Å². The summed E-state index contributed by atoms with van der Waals surface area (Å²) in [7, 11) is 0. The first-order valence-electron chi connectivity index (χ1n) is 23.0. The molecule has 0 spiro atoms. The monoisotopic (exact) mass is 759 g/mol. The van der Waals surface area contributed by atoms with E-state index in [1.807, 2.05) is 0 Å². The zero-order valence-electron chi connectivity index (χ0n) is 35.7. The Kier molecular flexibility index (Phi) is 41.5. The van der Waals surface area contributed by atoms with Gasteiger partial charge in [0.1, 0.15) is 13.2 Å². The molecule has 54 heavy (non-hydrogen) atoms. The minimum atomic E-state index is -0.778. The molecular weight excluding hydrogens is 673 g/mol. The Morgan fingerprint density at radius 3 is 0.981 bits per heavy atom. The summed E-state index contributed by atoms with van der Waals surface area (Å²) in [6, 6.07) is 0. The average Bonchev–Trinajstić information content (AvgIpc) is 3.17. The molecule has 0 aromatic rings. The average molecular weight is 759 g/mol. The highest BCUT2D eigenvalue weighted by Gasteiger charge is 2.19. The van der Waals surface area contributed by atoms with Gasteiger partial charge in [-0.05, 0) is 83.5 Å². The highest BCUT2D eigenvalue weighted by atomic mass is 16.6. The summed E-state index contributed by atoms with van der Waals surface area (Å²) in [4.78, 5) is 37.7. The molecule has 0 bridgehead atoms. The van der Waals surface area contributed by atoms with E-state index in [-0.39, 0.29) is 31.1 Å². The maximum Gasteiger partial charge on any atom is 0.306 e. The molecule has 314 valence electrons. The molecule has 6 heteroatoms. The lowest BCUT2D eigenvalue weighted by Crippen LogP contribution is -2.30. The molecule has 0 saturated heterocycles. The molecule has 0 saturated carbocycles. The van der Waals surface area contributed by atoms with Crippen molar-refractivity contribution in [3.8, 4) is 0 Å². The van der Waals surface area contributed by atoms with Gasteiger partial charge in [-0.1, -0.05) is 166 Å². The largest absolute Gasteiger partial charge is 0.462 e. The quantitative estimate of drug-likeness (QED) is 0.0267. The van der Waals surface area contributed by atoms with Crippen LogP contribution in [0.2, 0.25) is 0 Å². The molecule has 6 nitrogen and oxygen atoms in total. The lowest BCUT2D eigenvalue weighted by Gasteiger charge is -2.18. The van der Waals surface area contributed by atoms with E-state index in [0.29, 0.717) is 19.3 Å². The zero-order chi connectivity index (χ0) is 39.4. The molecule has 0 heterocycles. The third-order valence-electron chi connectivity index (χ3n) is 9.84. The van der Waals surface area contributed by atoms with E-state index in [1.165, 1.54) is 103 Å². The molecule has 0 aliphatic heterocycles. The number of ether oxygens (including phenoxy) is 3. The predicted octanol–water partition coefficient (Wildman–Crippen LogP) is 14.6. The SMILES string of the molecule is CCCC/C=C\CCCCCCCC(=O)OC(COC(=O)CCCCCC/C=C\CCCC)COC(=O)CCCCCCCCC/C=C\CCCCCC. The van der Waals surface area contributed by atoms with Crippen LogP contribution >= 0.6 is 0 Å². The number of esters is 3. The fraction of sp³-hybridized carbons (Fsp3) is 0.812. The van der Waals surface area contributed by atoms with Crippen molar-refractivity contribution in [1.82, 2.24) is 0 Å². The number of hydrogen-bond donors (Lipinski definition) is 0. The topological polar surface area (TPSA) is 78.9 Å². The van der Waals surface area contributed by atoms with Crippen LogP contribution in [-0.2, 0) is 28.6 Å². The number of carbonyl (C=O) groups excluding carboxylic acids is 3. The number of allylic oxidation sites excluding steroid dienone is 6. The maximum absolute atomic E-state index is 12.7. The van der Waals surface area contributed by atoms with Crippen LogP contribution in [0.15, 0.2) is 36.5 Å². The molecule has 0 rings (SSSR count). The Labute approximate surface area is 334 Å². The van der Waals surface area contributed by atoms with Gasteiger partial charge in [-0.15, -0.1) is 0 Å². The molecule has 0 aliphatic carbocycles. The van der Waals surface area contributed by atoms with Gasteiger partial charge in [-0.3, -0.25) is 14.4 Å². The molecule has 0 aromatic heterocycles. The van der Waals surface area contributed by atoms with Crippen molar-refractivity contribution in [3.63, 3.8) is 0 Å². The number of hydrogen-bond acceptors (Lipinski definition) is 6. The van der Waals surface area contributed by atoms with Crippen LogP contribution in [-0.4, -0.2) is 37.2 Å². The summed E-state index contributed by atoms with van der Waals surface area (Å²) in [5.74, 6) is -0.909. The number of unbranched alkanes of at least 4 members (excludes halogenated alkanes) is 24. The van der Waals surface area contributed by atoms with Gasteiger partial charge in [0.15, 0.2) is 6.10 Å². The Hall–Kier alpha value is -2.37. The van der Waals surface area contributed by atoms with Crippen molar-refractivity contribution in [2.24, 2.45) is 0 Å². The molecule has 0 radical (unpaired) electrons. The van der Waals surface area contributed by atoms with E-state index in [0.717, 1.165) is 89.9 Å².